The third kappa shape index (κ3) is 4.34. The van der Waals surface area contributed by atoms with Gasteiger partial charge >= 0.3 is 0 Å². The van der Waals surface area contributed by atoms with E-state index in [9.17, 15) is 9.59 Å². The molecule has 0 atom stereocenters. The molecule has 2 amide bonds. The van der Waals surface area contributed by atoms with Crippen molar-refractivity contribution >= 4 is 17.5 Å². The van der Waals surface area contributed by atoms with E-state index in [1.54, 1.807) is 0 Å². The average molecular weight is 316 g/mol. The smallest absolute Gasteiger partial charge is 0.243 e. The molecule has 1 aromatic carbocycles. The molecule has 0 saturated heterocycles. The van der Waals surface area contributed by atoms with E-state index < -0.39 is 0 Å². The van der Waals surface area contributed by atoms with E-state index in [0.717, 1.165) is 36.1 Å². The van der Waals surface area contributed by atoms with Crippen molar-refractivity contribution in [2.24, 2.45) is 5.92 Å². The van der Waals surface area contributed by atoms with Gasteiger partial charge < -0.3 is 10.6 Å². The summed E-state index contributed by atoms with van der Waals surface area (Å²) < 4.78 is 0. The number of nitrogens with one attached hydrogen (secondary N) is 2. The summed E-state index contributed by atoms with van der Waals surface area (Å²) in [4.78, 5) is 24.1. The highest BCUT2D eigenvalue weighted by Gasteiger charge is 2.25. The van der Waals surface area contributed by atoms with Crippen molar-refractivity contribution in [3.63, 3.8) is 0 Å². The Hall–Kier alpha value is -1.84. The van der Waals surface area contributed by atoms with Gasteiger partial charge in [0.1, 0.15) is 0 Å². The van der Waals surface area contributed by atoms with E-state index in [0.29, 0.717) is 11.8 Å². The van der Waals surface area contributed by atoms with Crippen molar-refractivity contribution in [3.05, 3.63) is 29.3 Å². The molecule has 1 aliphatic rings. The Bertz CT molecular complexity index is 548. The summed E-state index contributed by atoms with van der Waals surface area (Å²) >= 11 is 0. The Morgan fingerprint density at radius 3 is 2.09 bits per heavy atom. The molecule has 1 saturated carbocycles. The fourth-order valence-corrected chi connectivity index (χ4v) is 2.86. The van der Waals surface area contributed by atoms with Crippen molar-refractivity contribution in [2.75, 3.05) is 11.9 Å². The number of carbonyl (C=O) groups is 2. The van der Waals surface area contributed by atoms with E-state index in [-0.39, 0.29) is 24.3 Å². The van der Waals surface area contributed by atoms with Gasteiger partial charge in [-0.05, 0) is 35.8 Å². The molecule has 0 aliphatic heterocycles. The molecule has 0 spiro atoms. The predicted molar refractivity (Wildman–Crippen MR) is 93.6 cm³/mol. The van der Waals surface area contributed by atoms with Gasteiger partial charge in [-0.1, -0.05) is 52.3 Å². The molecule has 126 valence electrons. The highest BCUT2D eigenvalue weighted by molar-refractivity contribution is 5.96. The summed E-state index contributed by atoms with van der Waals surface area (Å²) in [5.41, 5.74) is 3.17. The van der Waals surface area contributed by atoms with Gasteiger partial charge in [0.2, 0.25) is 11.8 Å². The number of para-hydroxylation sites is 1. The first-order chi connectivity index (χ1) is 10.9. The van der Waals surface area contributed by atoms with Crippen molar-refractivity contribution < 1.29 is 9.59 Å². The first-order valence-corrected chi connectivity index (χ1v) is 8.60. The van der Waals surface area contributed by atoms with Crippen LogP contribution in [-0.4, -0.2) is 18.4 Å². The van der Waals surface area contributed by atoms with Gasteiger partial charge in [0.05, 0.1) is 6.54 Å². The lowest BCUT2D eigenvalue weighted by atomic mass is 9.85. The summed E-state index contributed by atoms with van der Waals surface area (Å²) in [7, 11) is 0. The van der Waals surface area contributed by atoms with E-state index >= 15 is 0 Å². The third-order valence-corrected chi connectivity index (χ3v) is 4.54. The van der Waals surface area contributed by atoms with Crippen LogP contribution in [0.4, 0.5) is 5.69 Å². The van der Waals surface area contributed by atoms with Crippen LogP contribution in [0.3, 0.4) is 0 Å². The fourth-order valence-electron chi connectivity index (χ4n) is 2.86. The molecule has 4 heteroatoms. The monoisotopic (exact) mass is 316 g/mol. The Morgan fingerprint density at radius 2 is 1.65 bits per heavy atom. The first kappa shape index (κ1) is 17.5. The van der Waals surface area contributed by atoms with Crippen LogP contribution in [-0.2, 0) is 9.59 Å². The van der Waals surface area contributed by atoms with Crippen LogP contribution in [0.1, 0.15) is 69.9 Å². The number of rotatable bonds is 6. The molecular formula is C19H28N2O2. The number of hydrogen-bond donors (Lipinski definition) is 2. The molecule has 1 aliphatic carbocycles. The van der Waals surface area contributed by atoms with E-state index in [1.807, 2.05) is 6.07 Å². The lowest BCUT2D eigenvalue weighted by Crippen LogP contribution is -2.39. The fraction of sp³-hybridized carbons (Fsp3) is 0.579. The van der Waals surface area contributed by atoms with Gasteiger partial charge in [0, 0.05) is 11.6 Å². The second kappa shape index (κ2) is 7.62. The lowest BCUT2D eigenvalue weighted by Gasteiger charge is -2.24. The molecule has 0 aromatic heterocycles. The summed E-state index contributed by atoms with van der Waals surface area (Å²) in [5.74, 6) is 0.611. The minimum atomic E-state index is -0.160. The second-order valence-electron chi connectivity index (χ2n) is 7.01. The van der Waals surface area contributed by atoms with Gasteiger partial charge in [-0.25, -0.2) is 0 Å². The van der Waals surface area contributed by atoms with Gasteiger partial charge in [0.25, 0.3) is 0 Å². The highest BCUT2D eigenvalue weighted by Crippen LogP contribution is 2.32. The van der Waals surface area contributed by atoms with Crippen LogP contribution in [0.15, 0.2) is 18.2 Å². The Balaban J connectivity index is 2.05. The van der Waals surface area contributed by atoms with Gasteiger partial charge in [-0.2, -0.15) is 0 Å². The minimum Gasteiger partial charge on any atom is -0.347 e. The van der Waals surface area contributed by atoms with Crippen LogP contribution in [0.2, 0.25) is 0 Å². The summed E-state index contributed by atoms with van der Waals surface area (Å²) in [6.07, 6.45) is 3.01. The minimum absolute atomic E-state index is 0.00706. The number of benzene rings is 1. The van der Waals surface area contributed by atoms with E-state index in [2.05, 4.69) is 50.5 Å². The quantitative estimate of drug-likeness (QED) is 0.839. The summed E-state index contributed by atoms with van der Waals surface area (Å²) in [5, 5.41) is 5.77. The number of carbonyl (C=O) groups excluding carboxylic acids is 2. The number of amides is 2. The number of hydrogen-bond acceptors (Lipinski definition) is 2. The standard InChI is InChI=1S/C19H28N2O2/c1-12(2)15-9-6-10-16(13(3)4)18(15)21-17(22)11-20-19(23)14-7-5-8-14/h6,9-10,12-14H,5,7-8,11H2,1-4H3,(H,20,23)(H,21,22). The van der Waals surface area contributed by atoms with Crippen molar-refractivity contribution in [2.45, 2.75) is 58.8 Å². The maximum absolute atomic E-state index is 12.3. The SMILES string of the molecule is CC(C)c1cccc(C(C)C)c1NC(=O)CNC(=O)C1CCC1. The van der Waals surface area contributed by atoms with Crippen LogP contribution in [0.25, 0.3) is 0 Å². The highest BCUT2D eigenvalue weighted by atomic mass is 16.2. The largest absolute Gasteiger partial charge is 0.347 e. The van der Waals surface area contributed by atoms with E-state index in [4.69, 9.17) is 0 Å². The molecule has 0 bridgehead atoms. The van der Waals surface area contributed by atoms with Crippen LogP contribution >= 0.6 is 0 Å². The molecule has 1 fully saturated rings. The molecule has 0 unspecified atom stereocenters. The zero-order valence-corrected chi connectivity index (χ0v) is 14.6. The lowest BCUT2D eigenvalue weighted by molar-refractivity contribution is -0.129. The van der Waals surface area contributed by atoms with Gasteiger partial charge in [-0.3, -0.25) is 9.59 Å². The van der Waals surface area contributed by atoms with Gasteiger partial charge in [0.15, 0.2) is 0 Å². The predicted octanol–water partition coefficient (Wildman–Crippen LogP) is 3.79. The molecule has 2 N–H and O–H groups in total. The normalized spacial score (nSPS) is 14.7. The zero-order chi connectivity index (χ0) is 17.0. The zero-order valence-electron chi connectivity index (χ0n) is 14.6. The van der Waals surface area contributed by atoms with Crippen LogP contribution in [0, 0.1) is 5.92 Å². The average Bonchev–Trinajstić information content (AvgIpc) is 2.43. The molecule has 4 nitrogen and oxygen atoms in total. The van der Waals surface area contributed by atoms with Crippen molar-refractivity contribution in [3.8, 4) is 0 Å². The molecular weight excluding hydrogens is 288 g/mol. The molecule has 0 heterocycles. The van der Waals surface area contributed by atoms with E-state index in [1.165, 1.54) is 0 Å². The Labute approximate surface area is 139 Å². The Kier molecular flexibility index (Phi) is 5.80. The molecule has 1 aromatic rings. The maximum Gasteiger partial charge on any atom is 0.243 e. The number of anilines is 1. The first-order valence-electron chi connectivity index (χ1n) is 8.60. The van der Waals surface area contributed by atoms with Crippen molar-refractivity contribution in [1.29, 1.82) is 0 Å². The van der Waals surface area contributed by atoms with Crippen molar-refractivity contribution in [1.82, 2.24) is 5.32 Å². The van der Waals surface area contributed by atoms with Crippen LogP contribution in [0.5, 0.6) is 0 Å². The summed E-state index contributed by atoms with van der Waals surface area (Å²) in [6, 6.07) is 6.15. The van der Waals surface area contributed by atoms with Gasteiger partial charge in [-0.15, -0.1) is 0 Å². The third-order valence-electron chi connectivity index (χ3n) is 4.54. The maximum atomic E-state index is 12.3. The molecule has 0 radical (unpaired) electrons. The Morgan fingerprint density at radius 1 is 1.09 bits per heavy atom. The second-order valence-corrected chi connectivity index (χ2v) is 7.01. The topological polar surface area (TPSA) is 58.2 Å². The molecule has 2 rings (SSSR count). The van der Waals surface area contributed by atoms with Crippen LogP contribution < -0.4 is 10.6 Å². The summed E-state index contributed by atoms with van der Waals surface area (Å²) in [6.45, 7) is 8.52. The molecule has 23 heavy (non-hydrogen) atoms.